The second kappa shape index (κ2) is 13.0. The van der Waals surface area contributed by atoms with Gasteiger partial charge in [-0.2, -0.15) is 11.8 Å². The third kappa shape index (κ3) is 6.94. The topological polar surface area (TPSA) is 132 Å². The molecule has 0 radical (unpaired) electrons. The molecule has 1 aromatic heterocycles. The first-order valence-corrected chi connectivity index (χ1v) is 15.9. The quantitative estimate of drug-likeness (QED) is 0.284. The maximum absolute atomic E-state index is 13.8. The van der Waals surface area contributed by atoms with Crippen molar-refractivity contribution in [2.45, 2.75) is 19.0 Å². The molecule has 2 aromatic carbocycles. The van der Waals surface area contributed by atoms with Crippen LogP contribution in [0.1, 0.15) is 22.5 Å². The number of hydrogen-bond donors (Lipinski definition) is 3. The lowest BCUT2D eigenvalue weighted by Crippen LogP contribution is -2.41. The van der Waals surface area contributed by atoms with Gasteiger partial charge in [-0.15, -0.1) is 11.8 Å². The number of anilines is 1. The number of thioether (sulfide) groups is 2. The van der Waals surface area contributed by atoms with E-state index in [0.717, 1.165) is 0 Å². The highest BCUT2D eigenvalue weighted by molar-refractivity contribution is 8.04. The summed E-state index contributed by atoms with van der Waals surface area (Å²) >= 11 is 2.89. The minimum atomic E-state index is -3.93. The smallest absolute Gasteiger partial charge is 0.326 e. The summed E-state index contributed by atoms with van der Waals surface area (Å²) in [5, 5.41) is 14.1. The Kier molecular flexibility index (Phi) is 9.54. The van der Waals surface area contributed by atoms with Gasteiger partial charge in [0.2, 0.25) is 0 Å². The van der Waals surface area contributed by atoms with Crippen LogP contribution in [0, 0.1) is 0 Å². The van der Waals surface area contributed by atoms with E-state index in [-0.39, 0.29) is 23.4 Å². The number of aliphatic carboxylic acids is 1. The van der Waals surface area contributed by atoms with Crippen LogP contribution in [0.4, 0.5) is 5.69 Å². The minimum Gasteiger partial charge on any atom is -0.480 e. The fraction of sp³-hybridized carbons (Fsp3) is 0.222. The van der Waals surface area contributed by atoms with Gasteiger partial charge in [-0.1, -0.05) is 36.4 Å². The van der Waals surface area contributed by atoms with Crippen LogP contribution in [0.25, 0.3) is 11.1 Å². The number of carbonyl (C=O) groups excluding carboxylic acids is 1. The van der Waals surface area contributed by atoms with Crippen molar-refractivity contribution in [3.05, 3.63) is 94.8 Å². The van der Waals surface area contributed by atoms with Gasteiger partial charge in [-0.3, -0.25) is 9.10 Å². The lowest BCUT2D eigenvalue weighted by Gasteiger charge is -2.27. The van der Waals surface area contributed by atoms with Crippen molar-refractivity contribution in [2.75, 3.05) is 22.1 Å². The molecule has 0 aliphatic carbocycles. The largest absolute Gasteiger partial charge is 0.480 e. The Morgan fingerprint density at radius 3 is 2.67 bits per heavy atom. The molecule has 1 aliphatic rings. The molecule has 1 aliphatic heterocycles. The monoisotopic (exact) mass is 584 g/mol. The Bertz CT molecular complexity index is 1470. The number of amides is 1. The van der Waals surface area contributed by atoms with E-state index in [2.05, 4.69) is 15.3 Å². The van der Waals surface area contributed by atoms with Gasteiger partial charge in [-0.25, -0.2) is 18.2 Å². The number of H-pyrrole nitrogens is 1. The average molecular weight is 585 g/mol. The molecule has 0 saturated heterocycles. The van der Waals surface area contributed by atoms with Gasteiger partial charge in [0.15, 0.2) is 0 Å². The lowest BCUT2D eigenvalue weighted by atomic mass is 9.98. The number of nitrogens with one attached hydrogen (secondary N) is 2. The van der Waals surface area contributed by atoms with E-state index in [0.29, 0.717) is 34.0 Å². The number of benzene rings is 2. The van der Waals surface area contributed by atoms with Crippen LogP contribution in [0.15, 0.2) is 83.5 Å². The van der Waals surface area contributed by atoms with Crippen molar-refractivity contribution in [3.63, 3.8) is 0 Å². The highest BCUT2D eigenvalue weighted by Crippen LogP contribution is 2.33. The number of imidazole rings is 1. The van der Waals surface area contributed by atoms with E-state index in [1.165, 1.54) is 34.2 Å². The van der Waals surface area contributed by atoms with Gasteiger partial charge in [0.05, 0.1) is 29.2 Å². The normalized spacial score (nSPS) is 13.9. The van der Waals surface area contributed by atoms with Crippen molar-refractivity contribution >= 4 is 51.1 Å². The average Bonchev–Trinajstić information content (AvgIpc) is 3.48. The van der Waals surface area contributed by atoms with Crippen molar-refractivity contribution in [1.29, 1.82) is 0 Å². The molecule has 4 rings (SSSR count). The second-order valence-electron chi connectivity index (χ2n) is 8.60. The first-order chi connectivity index (χ1) is 18.8. The summed E-state index contributed by atoms with van der Waals surface area (Å²) in [6.45, 7) is 0.00357. The summed E-state index contributed by atoms with van der Waals surface area (Å²) < 4.78 is 28.9. The zero-order valence-electron chi connectivity index (χ0n) is 21.1. The summed E-state index contributed by atoms with van der Waals surface area (Å²) in [6.07, 6.45) is 8.48. The van der Waals surface area contributed by atoms with E-state index in [4.69, 9.17) is 0 Å². The van der Waals surface area contributed by atoms with Crippen LogP contribution in [-0.2, 0) is 21.4 Å². The van der Waals surface area contributed by atoms with Gasteiger partial charge in [0.1, 0.15) is 6.04 Å². The number of carbonyl (C=O) groups is 2. The fourth-order valence-electron chi connectivity index (χ4n) is 3.99. The number of aromatic amines is 1. The summed E-state index contributed by atoms with van der Waals surface area (Å²) in [4.78, 5) is 32.4. The highest BCUT2D eigenvalue weighted by atomic mass is 32.2. The number of carboxylic acid groups (broad SMARTS) is 1. The highest BCUT2D eigenvalue weighted by Gasteiger charge is 2.30. The summed E-state index contributed by atoms with van der Waals surface area (Å²) in [7, 11) is -3.93. The summed E-state index contributed by atoms with van der Waals surface area (Å²) in [6, 6.07) is 12.8. The second-order valence-corrected chi connectivity index (χ2v) is 12.4. The van der Waals surface area contributed by atoms with Crippen molar-refractivity contribution in [1.82, 2.24) is 15.3 Å². The standard InChI is InChI=1S/C27H28N4O5S3/c1-37-13-11-25(27(33)34)30-26(32)23-10-9-21(14-24(23)19-6-3-2-4-7-19)31(16-20-15-28-18-29-20)39(35,36)22-8-5-12-38-17-22/h2-10,12,14-15,18,25H,11,13,16-17H2,1H3,(H,28,29)(H,30,32)(H,33,34)/t25-/m0/s1. The molecule has 9 nitrogen and oxygen atoms in total. The van der Waals surface area contributed by atoms with Crippen molar-refractivity contribution in [3.8, 4) is 11.1 Å². The predicted molar refractivity (Wildman–Crippen MR) is 157 cm³/mol. The zero-order chi connectivity index (χ0) is 27.8. The number of carboxylic acids is 1. The number of aromatic nitrogens is 2. The maximum atomic E-state index is 13.8. The number of allylic oxidation sites excluding steroid dienone is 2. The molecule has 2 heterocycles. The number of hydrogen-bond acceptors (Lipinski definition) is 7. The van der Waals surface area contributed by atoms with Crippen LogP contribution < -0.4 is 9.62 Å². The fourth-order valence-corrected chi connectivity index (χ4v) is 7.05. The molecule has 3 N–H and O–H groups in total. The van der Waals surface area contributed by atoms with Gasteiger partial charge in [-0.05, 0) is 59.2 Å². The van der Waals surface area contributed by atoms with Gasteiger partial charge < -0.3 is 15.4 Å². The van der Waals surface area contributed by atoms with Gasteiger partial charge in [0, 0.05) is 17.5 Å². The molecule has 1 atom stereocenters. The van der Waals surface area contributed by atoms with Crippen molar-refractivity contribution < 1.29 is 23.1 Å². The Balaban J connectivity index is 1.79. The molecule has 12 heteroatoms. The van der Waals surface area contributed by atoms with Crippen molar-refractivity contribution in [2.24, 2.45) is 0 Å². The van der Waals surface area contributed by atoms with E-state index >= 15 is 0 Å². The molecule has 1 amide bonds. The first kappa shape index (κ1) is 28.5. The number of nitrogens with zero attached hydrogens (tertiary/aromatic N) is 2. The molecule has 204 valence electrons. The Labute approximate surface area is 235 Å². The van der Waals surface area contributed by atoms with Crippen LogP contribution in [0.5, 0.6) is 0 Å². The molecule has 39 heavy (non-hydrogen) atoms. The Morgan fingerprint density at radius 1 is 1.23 bits per heavy atom. The lowest BCUT2D eigenvalue weighted by molar-refractivity contribution is -0.139. The minimum absolute atomic E-state index is 0.00357. The maximum Gasteiger partial charge on any atom is 0.326 e. The molecule has 3 aromatic rings. The SMILES string of the molecule is CSCC[C@H](NC(=O)c1ccc(N(Cc2cnc[nH]2)S(=O)(=O)C2=CC=CSC2)cc1-c1ccccc1)C(=O)O. The van der Waals surface area contributed by atoms with E-state index in [1.807, 2.05) is 42.0 Å². The van der Waals surface area contributed by atoms with E-state index in [1.54, 1.807) is 36.5 Å². The van der Waals surface area contributed by atoms with Crippen LogP contribution in [0.3, 0.4) is 0 Å². The summed E-state index contributed by atoms with van der Waals surface area (Å²) in [5.74, 6) is -0.782. The van der Waals surface area contributed by atoms with Gasteiger partial charge >= 0.3 is 5.97 Å². The van der Waals surface area contributed by atoms with Gasteiger partial charge in [0.25, 0.3) is 15.9 Å². The molecule has 0 unspecified atom stereocenters. The van der Waals surface area contributed by atoms with Crippen LogP contribution in [0.2, 0.25) is 0 Å². The van der Waals surface area contributed by atoms with Crippen LogP contribution >= 0.6 is 23.5 Å². The van der Waals surface area contributed by atoms with E-state index < -0.39 is 27.9 Å². The molecule has 0 saturated carbocycles. The molecule has 0 bridgehead atoms. The third-order valence-corrected chi connectivity index (χ3v) is 9.52. The number of rotatable bonds is 12. The Hall–Kier alpha value is -3.48. The number of sulfonamides is 1. The zero-order valence-corrected chi connectivity index (χ0v) is 23.6. The molecular weight excluding hydrogens is 557 g/mol. The predicted octanol–water partition coefficient (Wildman–Crippen LogP) is 4.49. The molecular formula is C27H28N4O5S3. The third-order valence-electron chi connectivity index (χ3n) is 6.01. The molecule has 0 fully saturated rings. The van der Waals surface area contributed by atoms with E-state index in [9.17, 15) is 23.1 Å². The molecule has 0 spiro atoms. The Morgan fingerprint density at radius 2 is 2.03 bits per heavy atom. The van der Waals surface area contributed by atoms with Crippen LogP contribution in [-0.4, -0.2) is 59.2 Å². The summed E-state index contributed by atoms with van der Waals surface area (Å²) in [5.41, 5.74) is 2.37. The first-order valence-electron chi connectivity index (χ1n) is 12.0.